The number of rotatable bonds is 5. The Morgan fingerprint density at radius 2 is 1.65 bits per heavy atom. The molecule has 0 N–H and O–H groups in total. The van der Waals surface area contributed by atoms with E-state index in [0.717, 1.165) is 16.3 Å². The minimum atomic E-state index is -0.373. The van der Waals surface area contributed by atoms with Crippen LogP contribution in [-0.2, 0) is 13.0 Å². The number of benzene rings is 3. The Kier molecular flexibility index (Phi) is 4.24. The number of hydrogen-bond donors (Lipinski definition) is 0. The SMILES string of the molecule is [CH2]Cc1c([N+](=O)[O-])cc(OCc2ccccc2)c2ccccc12. The molecule has 0 unspecified atom stereocenters. The van der Waals surface area contributed by atoms with E-state index in [-0.39, 0.29) is 10.6 Å². The van der Waals surface area contributed by atoms with Crippen molar-refractivity contribution in [2.45, 2.75) is 13.0 Å². The Bertz CT molecular complexity index is 844. The first-order valence-electron chi connectivity index (χ1n) is 7.35. The summed E-state index contributed by atoms with van der Waals surface area (Å²) in [5.74, 6) is 0.522. The van der Waals surface area contributed by atoms with Crippen molar-refractivity contribution in [3.05, 3.63) is 88.8 Å². The maximum atomic E-state index is 11.4. The molecule has 0 aliphatic rings. The van der Waals surface area contributed by atoms with Gasteiger partial charge in [-0.1, -0.05) is 54.6 Å². The van der Waals surface area contributed by atoms with Crippen LogP contribution in [0.25, 0.3) is 10.8 Å². The van der Waals surface area contributed by atoms with Crippen LogP contribution >= 0.6 is 0 Å². The van der Waals surface area contributed by atoms with Crippen LogP contribution in [0.4, 0.5) is 5.69 Å². The molecule has 3 rings (SSSR count). The van der Waals surface area contributed by atoms with Crippen LogP contribution in [0.2, 0.25) is 0 Å². The third kappa shape index (κ3) is 3.01. The highest BCUT2D eigenvalue weighted by atomic mass is 16.6. The van der Waals surface area contributed by atoms with Gasteiger partial charge in [-0.25, -0.2) is 0 Å². The van der Waals surface area contributed by atoms with Gasteiger partial charge in [0.1, 0.15) is 12.4 Å². The number of nitrogens with zero attached hydrogens (tertiary/aromatic N) is 1. The maximum Gasteiger partial charge on any atom is 0.276 e. The third-order valence-electron chi connectivity index (χ3n) is 3.78. The van der Waals surface area contributed by atoms with Gasteiger partial charge in [0.2, 0.25) is 0 Å². The molecule has 0 aliphatic heterocycles. The van der Waals surface area contributed by atoms with Crippen LogP contribution in [0.3, 0.4) is 0 Å². The fourth-order valence-corrected chi connectivity index (χ4v) is 2.67. The summed E-state index contributed by atoms with van der Waals surface area (Å²) in [6.07, 6.45) is 0.357. The molecule has 0 saturated carbocycles. The van der Waals surface area contributed by atoms with E-state index in [0.29, 0.717) is 24.3 Å². The Morgan fingerprint density at radius 1 is 1.00 bits per heavy atom. The first-order valence-corrected chi connectivity index (χ1v) is 7.35. The molecule has 0 fully saturated rings. The molecule has 0 spiro atoms. The van der Waals surface area contributed by atoms with E-state index >= 15 is 0 Å². The largest absolute Gasteiger partial charge is 0.488 e. The van der Waals surface area contributed by atoms with Gasteiger partial charge < -0.3 is 4.74 Å². The molecule has 3 aromatic rings. The lowest BCUT2D eigenvalue weighted by Gasteiger charge is -2.12. The molecule has 4 heteroatoms. The second kappa shape index (κ2) is 6.48. The minimum Gasteiger partial charge on any atom is -0.488 e. The number of fused-ring (bicyclic) bond motifs is 1. The van der Waals surface area contributed by atoms with E-state index in [1.54, 1.807) is 0 Å². The van der Waals surface area contributed by atoms with Gasteiger partial charge >= 0.3 is 0 Å². The van der Waals surface area contributed by atoms with Crippen LogP contribution < -0.4 is 4.74 Å². The lowest BCUT2D eigenvalue weighted by molar-refractivity contribution is -0.385. The summed E-state index contributed by atoms with van der Waals surface area (Å²) in [4.78, 5) is 11.0. The van der Waals surface area contributed by atoms with E-state index in [1.165, 1.54) is 6.07 Å². The zero-order valence-corrected chi connectivity index (χ0v) is 12.6. The highest BCUT2D eigenvalue weighted by molar-refractivity contribution is 5.94. The topological polar surface area (TPSA) is 52.4 Å². The summed E-state index contributed by atoms with van der Waals surface area (Å²) >= 11 is 0. The molecule has 0 saturated heterocycles. The normalized spacial score (nSPS) is 10.7. The third-order valence-corrected chi connectivity index (χ3v) is 3.78. The fourth-order valence-electron chi connectivity index (χ4n) is 2.67. The Labute approximate surface area is 134 Å². The van der Waals surface area contributed by atoms with Crippen molar-refractivity contribution >= 4 is 16.5 Å². The van der Waals surface area contributed by atoms with Gasteiger partial charge in [-0.2, -0.15) is 0 Å². The predicted octanol–water partition coefficient (Wildman–Crippen LogP) is 4.70. The van der Waals surface area contributed by atoms with Crippen molar-refractivity contribution in [2.75, 3.05) is 0 Å². The summed E-state index contributed by atoms with van der Waals surface area (Å²) in [6.45, 7) is 4.19. The van der Waals surface area contributed by atoms with Crippen molar-refractivity contribution in [1.29, 1.82) is 0 Å². The molecule has 1 radical (unpaired) electrons. The van der Waals surface area contributed by atoms with Crippen molar-refractivity contribution in [3.8, 4) is 5.75 Å². The quantitative estimate of drug-likeness (QED) is 0.507. The number of ether oxygens (including phenoxy) is 1. The summed E-state index contributed by atoms with van der Waals surface area (Å²) in [6, 6.07) is 18.8. The van der Waals surface area contributed by atoms with Gasteiger partial charge in [0.05, 0.1) is 11.0 Å². The van der Waals surface area contributed by atoms with Crippen molar-refractivity contribution in [2.24, 2.45) is 0 Å². The standard InChI is InChI=1S/C19H16NO3/c1-2-15-16-10-6-7-11-17(16)19(12-18(15)20(21)22)23-13-14-8-4-3-5-9-14/h3-12H,1-2,13H2. The summed E-state index contributed by atoms with van der Waals surface area (Å²) in [7, 11) is 0. The number of nitro benzene ring substituents is 1. The van der Waals surface area contributed by atoms with Crippen LogP contribution in [-0.4, -0.2) is 4.92 Å². The van der Waals surface area contributed by atoms with Gasteiger partial charge in [-0.3, -0.25) is 10.1 Å². The van der Waals surface area contributed by atoms with Gasteiger partial charge in [0.15, 0.2) is 0 Å². The molecule has 23 heavy (non-hydrogen) atoms. The molecule has 3 aromatic carbocycles. The van der Waals surface area contributed by atoms with Gasteiger partial charge in [-0.15, -0.1) is 0 Å². The van der Waals surface area contributed by atoms with E-state index in [1.807, 2.05) is 54.6 Å². The number of hydrogen-bond acceptors (Lipinski definition) is 3. The zero-order chi connectivity index (χ0) is 16.2. The van der Waals surface area contributed by atoms with Crippen molar-refractivity contribution in [1.82, 2.24) is 0 Å². The first kappa shape index (κ1) is 15.0. The average molecular weight is 306 g/mol. The molecule has 4 nitrogen and oxygen atoms in total. The van der Waals surface area contributed by atoms with E-state index < -0.39 is 0 Å². The lowest BCUT2D eigenvalue weighted by atomic mass is 10.00. The van der Waals surface area contributed by atoms with E-state index in [2.05, 4.69) is 6.92 Å². The maximum absolute atomic E-state index is 11.4. The molecule has 0 amide bonds. The molecule has 0 heterocycles. The first-order chi connectivity index (χ1) is 11.2. The second-order valence-electron chi connectivity index (χ2n) is 5.20. The molecular formula is C19H16NO3. The average Bonchev–Trinajstić information content (AvgIpc) is 2.59. The minimum absolute atomic E-state index is 0.0572. The predicted molar refractivity (Wildman–Crippen MR) is 90.4 cm³/mol. The highest BCUT2D eigenvalue weighted by Crippen LogP contribution is 2.36. The van der Waals surface area contributed by atoms with Gasteiger partial charge in [-0.05, 0) is 24.3 Å². The Hall–Kier alpha value is -2.88. The van der Waals surface area contributed by atoms with Gasteiger partial charge in [0.25, 0.3) is 5.69 Å². The van der Waals surface area contributed by atoms with Crippen molar-refractivity contribution in [3.63, 3.8) is 0 Å². The van der Waals surface area contributed by atoms with Gasteiger partial charge in [0, 0.05) is 10.9 Å². The molecular weight excluding hydrogens is 290 g/mol. The monoisotopic (exact) mass is 306 g/mol. The summed E-state index contributed by atoms with van der Waals surface area (Å²) in [5, 5.41) is 13.1. The summed E-state index contributed by atoms with van der Waals surface area (Å²) < 4.78 is 5.87. The fraction of sp³-hybridized carbons (Fsp3) is 0.105. The molecule has 0 aliphatic carbocycles. The highest BCUT2D eigenvalue weighted by Gasteiger charge is 2.19. The summed E-state index contributed by atoms with van der Waals surface area (Å²) in [5.41, 5.74) is 1.71. The van der Waals surface area contributed by atoms with Crippen LogP contribution in [0.15, 0.2) is 60.7 Å². The molecule has 115 valence electrons. The molecule has 0 aromatic heterocycles. The second-order valence-corrected chi connectivity index (χ2v) is 5.20. The van der Waals surface area contributed by atoms with E-state index in [4.69, 9.17) is 4.74 Å². The van der Waals surface area contributed by atoms with Crippen LogP contribution in [0, 0.1) is 17.0 Å². The molecule has 0 atom stereocenters. The Balaban J connectivity index is 2.07. The van der Waals surface area contributed by atoms with Crippen molar-refractivity contribution < 1.29 is 9.66 Å². The van der Waals surface area contributed by atoms with E-state index in [9.17, 15) is 10.1 Å². The smallest absolute Gasteiger partial charge is 0.276 e. The number of nitro groups is 1. The Morgan fingerprint density at radius 3 is 2.30 bits per heavy atom. The molecule has 0 bridgehead atoms. The van der Waals surface area contributed by atoms with Crippen LogP contribution in [0.5, 0.6) is 5.75 Å². The van der Waals surface area contributed by atoms with Crippen LogP contribution in [0.1, 0.15) is 11.1 Å². The lowest BCUT2D eigenvalue weighted by Crippen LogP contribution is -2.00. The zero-order valence-electron chi connectivity index (χ0n) is 12.6.